The Balaban J connectivity index is 1.56. The summed E-state index contributed by atoms with van der Waals surface area (Å²) in [5.41, 5.74) is 2.31. The summed E-state index contributed by atoms with van der Waals surface area (Å²) in [5.74, 6) is 0.717. The normalized spacial score (nSPS) is 18.4. The Kier molecular flexibility index (Phi) is 4.51. The maximum absolute atomic E-state index is 12.4. The van der Waals surface area contributed by atoms with Gasteiger partial charge in [-0.15, -0.1) is 0 Å². The Labute approximate surface area is 131 Å². The average molecular weight is 298 g/mol. The van der Waals surface area contributed by atoms with Gasteiger partial charge in [-0.1, -0.05) is 6.07 Å². The number of hydrogen-bond acceptors (Lipinski definition) is 3. The molecule has 5 heteroatoms. The largest absolute Gasteiger partial charge is 0.341 e. The second-order valence-corrected chi connectivity index (χ2v) is 6.09. The van der Waals surface area contributed by atoms with Crippen molar-refractivity contribution in [1.82, 2.24) is 19.4 Å². The summed E-state index contributed by atoms with van der Waals surface area (Å²) in [5, 5.41) is 0. The number of pyridine rings is 1. The first-order valence-corrected chi connectivity index (χ1v) is 7.86. The van der Waals surface area contributed by atoms with Crippen molar-refractivity contribution in [3.63, 3.8) is 0 Å². The highest BCUT2D eigenvalue weighted by molar-refractivity contribution is 5.76. The SMILES string of the molecule is Cc1ccc(CC2CCCN(C(=O)Cn3ccnc3)C2)cn1. The molecule has 3 rings (SSSR count). The maximum atomic E-state index is 12.4. The Bertz CT molecular complexity index is 606. The second-order valence-electron chi connectivity index (χ2n) is 6.09. The van der Waals surface area contributed by atoms with Gasteiger partial charge in [-0.3, -0.25) is 9.78 Å². The molecule has 3 heterocycles. The molecule has 2 aromatic rings. The van der Waals surface area contributed by atoms with Gasteiger partial charge in [0.2, 0.25) is 5.91 Å². The molecule has 2 aromatic heterocycles. The van der Waals surface area contributed by atoms with Gasteiger partial charge in [0, 0.05) is 37.4 Å². The summed E-state index contributed by atoms with van der Waals surface area (Å²) in [6.07, 6.45) is 10.5. The van der Waals surface area contributed by atoms with E-state index in [-0.39, 0.29) is 5.91 Å². The van der Waals surface area contributed by atoms with Crippen molar-refractivity contribution in [2.75, 3.05) is 13.1 Å². The molecule has 22 heavy (non-hydrogen) atoms. The van der Waals surface area contributed by atoms with E-state index in [4.69, 9.17) is 0 Å². The smallest absolute Gasteiger partial charge is 0.242 e. The lowest BCUT2D eigenvalue weighted by molar-refractivity contribution is -0.133. The summed E-state index contributed by atoms with van der Waals surface area (Å²) in [4.78, 5) is 22.7. The van der Waals surface area contributed by atoms with E-state index >= 15 is 0 Å². The van der Waals surface area contributed by atoms with E-state index in [1.54, 1.807) is 12.5 Å². The minimum Gasteiger partial charge on any atom is -0.341 e. The molecular weight excluding hydrogens is 276 g/mol. The first kappa shape index (κ1) is 14.8. The summed E-state index contributed by atoms with van der Waals surface area (Å²) in [6, 6.07) is 4.20. The van der Waals surface area contributed by atoms with Gasteiger partial charge in [0.1, 0.15) is 6.54 Å². The number of rotatable bonds is 4. The molecule has 1 unspecified atom stereocenters. The zero-order valence-electron chi connectivity index (χ0n) is 13.0. The molecule has 5 nitrogen and oxygen atoms in total. The predicted molar refractivity (Wildman–Crippen MR) is 84.2 cm³/mol. The highest BCUT2D eigenvalue weighted by Gasteiger charge is 2.23. The van der Waals surface area contributed by atoms with Crippen LogP contribution in [0.15, 0.2) is 37.1 Å². The van der Waals surface area contributed by atoms with Crippen LogP contribution in [0.4, 0.5) is 0 Å². The number of carbonyl (C=O) groups excluding carboxylic acids is 1. The van der Waals surface area contributed by atoms with E-state index in [0.717, 1.165) is 31.6 Å². The minimum atomic E-state index is 0.185. The molecule has 0 aliphatic carbocycles. The summed E-state index contributed by atoms with van der Waals surface area (Å²) >= 11 is 0. The molecule has 1 aliphatic heterocycles. The number of amides is 1. The lowest BCUT2D eigenvalue weighted by Gasteiger charge is -2.33. The number of aromatic nitrogens is 3. The molecule has 1 amide bonds. The molecule has 1 atom stereocenters. The van der Waals surface area contributed by atoms with Crippen molar-refractivity contribution in [3.8, 4) is 0 Å². The first-order valence-electron chi connectivity index (χ1n) is 7.86. The zero-order valence-corrected chi connectivity index (χ0v) is 13.0. The van der Waals surface area contributed by atoms with Crippen LogP contribution in [0.2, 0.25) is 0 Å². The number of imidazole rings is 1. The number of likely N-dealkylation sites (tertiary alicyclic amines) is 1. The number of carbonyl (C=O) groups is 1. The highest BCUT2D eigenvalue weighted by Crippen LogP contribution is 2.21. The topological polar surface area (TPSA) is 51.0 Å². The van der Waals surface area contributed by atoms with Gasteiger partial charge in [-0.2, -0.15) is 0 Å². The van der Waals surface area contributed by atoms with Crippen molar-refractivity contribution < 1.29 is 4.79 Å². The van der Waals surface area contributed by atoms with Gasteiger partial charge in [0.05, 0.1) is 6.33 Å². The third-order valence-electron chi connectivity index (χ3n) is 4.25. The van der Waals surface area contributed by atoms with Crippen LogP contribution in [0.5, 0.6) is 0 Å². The van der Waals surface area contributed by atoms with E-state index in [0.29, 0.717) is 12.5 Å². The van der Waals surface area contributed by atoms with Gasteiger partial charge in [-0.05, 0) is 43.7 Å². The number of aryl methyl sites for hydroxylation is 1. The molecular formula is C17H22N4O. The fourth-order valence-corrected chi connectivity index (χ4v) is 3.05. The van der Waals surface area contributed by atoms with E-state index < -0.39 is 0 Å². The van der Waals surface area contributed by atoms with Gasteiger partial charge < -0.3 is 9.47 Å². The average Bonchev–Trinajstić information content (AvgIpc) is 3.03. The predicted octanol–water partition coefficient (Wildman–Crippen LogP) is 2.07. The number of hydrogen-bond donors (Lipinski definition) is 0. The van der Waals surface area contributed by atoms with Crippen molar-refractivity contribution in [2.45, 2.75) is 32.7 Å². The van der Waals surface area contributed by atoms with Crippen LogP contribution in [0.25, 0.3) is 0 Å². The van der Waals surface area contributed by atoms with Crippen molar-refractivity contribution in [3.05, 3.63) is 48.3 Å². The number of nitrogens with zero attached hydrogens (tertiary/aromatic N) is 4. The minimum absolute atomic E-state index is 0.185. The number of piperidine rings is 1. The Morgan fingerprint density at radius 3 is 3.05 bits per heavy atom. The Hall–Kier alpha value is -2.17. The molecule has 0 radical (unpaired) electrons. The monoisotopic (exact) mass is 298 g/mol. The molecule has 0 saturated carbocycles. The van der Waals surface area contributed by atoms with Crippen molar-refractivity contribution >= 4 is 5.91 Å². The van der Waals surface area contributed by atoms with Gasteiger partial charge >= 0.3 is 0 Å². The fraction of sp³-hybridized carbons (Fsp3) is 0.471. The van der Waals surface area contributed by atoms with Crippen LogP contribution in [0.3, 0.4) is 0 Å². The van der Waals surface area contributed by atoms with Crippen LogP contribution in [0.1, 0.15) is 24.1 Å². The Morgan fingerprint density at radius 2 is 2.32 bits per heavy atom. The molecule has 116 valence electrons. The van der Waals surface area contributed by atoms with E-state index in [2.05, 4.69) is 22.1 Å². The molecule has 0 spiro atoms. The van der Waals surface area contributed by atoms with Gasteiger partial charge in [0.25, 0.3) is 0 Å². The zero-order chi connectivity index (χ0) is 15.4. The summed E-state index contributed by atoms with van der Waals surface area (Å²) in [7, 11) is 0. The van der Waals surface area contributed by atoms with Crippen molar-refractivity contribution in [2.24, 2.45) is 5.92 Å². The van der Waals surface area contributed by atoms with Crippen LogP contribution in [-0.4, -0.2) is 38.4 Å². The molecule has 1 fully saturated rings. The fourth-order valence-electron chi connectivity index (χ4n) is 3.05. The summed E-state index contributed by atoms with van der Waals surface area (Å²) < 4.78 is 1.83. The Morgan fingerprint density at radius 1 is 1.41 bits per heavy atom. The second kappa shape index (κ2) is 6.73. The summed E-state index contributed by atoms with van der Waals surface area (Å²) in [6.45, 7) is 4.11. The van der Waals surface area contributed by atoms with Crippen LogP contribution in [-0.2, 0) is 17.8 Å². The standard InChI is InChI=1S/C17H22N4O/c1-14-4-5-15(10-19-14)9-16-3-2-7-21(11-16)17(22)12-20-8-6-18-13-20/h4-6,8,10,13,16H,2-3,7,9,11-12H2,1H3. The van der Waals surface area contributed by atoms with Crippen LogP contribution in [0, 0.1) is 12.8 Å². The van der Waals surface area contributed by atoms with Crippen LogP contribution < -0.4 is 0 Å². The lowest BCUT2D eigenvalue weighted by atomic mass is 9.92. The third kappa shape index (κ3) is 3.72. The molecule has 0 aromatic carbocycles. The van der Waals surface area contributed by atoms with Crippen LogP contribution >= 0.6 is 0 Å². The van der Waals surface area contributed by atoms with Gasteiger partial charge in [0.15, 0.2) is 0 Å². The molecule has 1 saturated heterocycles. The molecule has 0 bridgehead atoms. The first-order chi connectivity index (χ1) is 10.7. The highest BCUT2D eigenvalue weighted by atomic mass is 16.2. The lowest BCUT2D eigenvalue weighted by Crippen LogP contribution is -2.42. The van der Waals surface area contributed by atoms with Gasteiger partial charge in [-0.25, -0.2) is 4.98 Å². The van der Waals surface area contributed by atoms with Crippen molar-refractivity contribution in [1.29, 1.82) is 0 Å². The molecule has 1 aliphatic rings. The van der Waals surface area contributed by atoms with E-state index in [1.807, 2.05) is 28.8 Å². The maximum Gasteiger partial charge on any atom is 0.242 e. The molecule has 0 N–H and O–H groups in total. The quantitative estimate of drug-likeness (QED) is 0.868. The third-order valence-corrected chi connectivity index (χ3v) is 4.25. The van der Waals surface area contributed by atoms with E-state index in [1.165, 1.54) is 12.0 Å². The van der Waals surface area contributed by atoms with E-state index in [9.17, 15) is 4.79 Å².